The molecule has 0 saturated heterocycles. The van der Waals surface area contributed by atoms with Crippen LogP contribution < -0.4 is 4.74 Å². The molecule has 1 aliphatic carbocycles. The largest absolute Gasteiger partial charge is 0.486 e. The van der Waals surface area contributed by atoms with Crippen molar-refractivity contribution in [2.75, 3.05) is 5.75 Å². The highest BCUT2D eigenvalue weighted by molar-refractivity contribution is 7.84. The van der Waals surface area contributed by atoms with Crippen LogP contribution in [-0.4, -0.2) is 14.9 Å². The first-order valence-electron chi connectivity index (χ1n) is 6.85. The van der Waals surface area contributed by atoms with E-state index in [0.717, 1.165) is 22.2 Å². The summed E-state index contributed by atoms with van der Waals surface area (Å²) in [7, 11) is -0.779. The summed E-state index contributed by atoms with van der Waals surface area (Å²) in [5, 5.41) is 3.58. The molecule has 1 saturated carbocycles. The average molecular weight is 342 g/mol. The summed E-state index contributed by atoms with van der Waals surface area (Å²) in [5.41, 5.74) is 0.911. The van der Waals surface area contributed by atoms with Gasteiger partial charge in [-0.15, -0.1) is 11.3 Å². The lowest BCUT2D eigenvalue weighted by atomic mass is 10.3. The van der Waals surface area contributed by atoms with Gasteiger partial charge in [0.25, 0.3) is 0 Å². The van der Waals surface area contributed by atoms with E-state index in [-0.39, 0.29) is 0 Å². The molecule has 1 heterocycles. The van der Waals surface area contributed by atoms with Gasteiger partial charge >= 0.3 is 0 Å². The van der Waals surface area contributed by atoms with Crippen LogP contribution in [0.25, 0.3) is 0 Å². The van der Waals surface area contributed by atoms with Crippen LogP contribution in [0.5, 0.6) is 5.75 Å². The SMILES string of the molecule is O=S(Cc1csc(COc2ccc(Cl)cc2)n1)CC1CC1. The van der Waals surface area contributed by atoms with Crippen LogP contribution in [0.2, 0.25) is 5.02 Å². The van der Waals surface area contributed by atoms with Crippen LogP contribution in [0, 0.1) is 5.92 Å². The quantitative estimate of drug-likeness (QED) is 0.763. The molecule has 0 radical (unpaired) electrons. The molecule has 3 rings (SSSR count). The molecule has 21 heavy (non-hydrogen) atoms. The molecule has 6 heteroatoms. The van der Waals surface area contributed by atoms with Crippen molar-refractivity contribution in [1.82, 2.24) is 4.98 Å². The van der Waals surface area contributed by atoms with Crippen molar-refractivity contribution in [3.05, 3.63) is 45.4 Å². The molecule has 1 atom stereocenters. The van der Waals surface area contributed by atoms with E-state index in [0.29, 0.717) is 23.3 Å². The molecule has 0 spiro atoms. The highest BCUT2D eigenvalue weighted by Crippen LogP contribution is 2.30. The predicted molar refractivity (Wildman–Crippen MR) is 87.3 cm³/mol. The number of hydrogen-bond acceptors (Lipinski definition) is 4. The Kier molecular flexibility index (Phi) is 4.93. The minimum atomic E-state index is -0.779. The van der Waals surface area contributed by atoms with Gasteiger partial charge in [-0.05, 0) is 43.0 Å². The Morgan fingerprint density at radius 2 is 2.10 bits per heavy atom. The molecular formula is C15H16ClNO2S2. The molecule has 1 aromatic carbocycles. The second-order valence-corrected chi connectivity index (χ2v) is 8.05. The zero-order valence-electron chi connectivity index (χ0n) is 11.5. The summed E-state index contributed by atoms with van der Waals surface area (Å²) in [6, 6.07) is 7.26. The van der Waals surface area contributed by atoms with Crippen LogP contribution >= 0.6 is 22.9 Å². The number of benzene rings is 1. The van der Waals surface area contributed by atoms with Crippen LogP contribution in [0.1, 0.15) is 23.5 Å². The standard InChI is InChI=1S/C15H16ClNO2S2/c16-12-3-5-14(6-4-12)19-7-15-17-13(8-20-15)10-21(18)9-11-1-2-11/h3-6,8,11H,1-2,7,9-10H2. The van der Waals surface area contributed by atoms with E-state index < -0.39 is 10.8 Å². The molecular weight excluding hydrogens is 326 g/mol. The Bertz CT molecular complexity index is 623. The Balaban J connectivity index is 1.49. The number of halogens is 1. The monoisotopic (exact) mass is 341 g/mol. The smallest absolute Gasteiger partial charge is 0.140 e. The van der Waals surface area contributed by atoms with Crippen molar-refractivity contribution in [2.45, 2.75) is 25.2 Å². The Hall–Kier alpha value is -0.910. The molecule has 0 amide bonds. The topological polar surface area (TPSA) is 39.2 Å². The fourth-order valence-corrected chi connectivity index (χ4v) is 4.32. The Morgan fingerprint density at radius 3 is 2.81 bits per heavy atom. The number of nitrogens with zero attached hydrogens (tertiary/aromatic N) is 1. The third kappa shape index (κ3) is 4.80. The molecule has 3 nitrogen and oxygen atoms in total. The zero-order chi connectivity index (χ0) is 14.7. The van der Waals surface area contributed by atoms with Gasteiger partial charge in [0.1, 0.15) is 17.4 Å². The van der Waals surface area contributed by atoms with Crippen molar-refractivity contribution in [3.8, 4) is 5.75 Å². The number of hydrogen-bond donors (Lipinski definition) is 0. The first kappa shape index (κ1) is 15.0. The van der Waals surface area contributed by atoms with Gasteiger partial charge in [0, 0.05) is 27.0 Å². The second kappa shape index (κ2) is 6.90. The fraction of sp³-hybridized carbons (Fsp3) is 0.400. The van der Waals surface area contributed by atoms with Crippen molar-refractivity contribution < 1.29 is 8.95 Å². The minimum Gasteiger partial charge on any atom is -0.486 e. The maximum Gasteiger partial charge on any atom is 0.140 e. The van der Waals surface area contributed by atoms with Gasteiger partial charge in [0.05, 0.1) is 11.4 Å². The molecule has 1 aromatic heterocycles. The number of aromatic nitrogens is 1. The minimum absolute atomic E-state index is 0.432. The van der Waals surface area contributed by atoms with E-state index in [2.05, 4.69) is 4.98 Å². The fourth-order valence-electron chi connectivity index (χ4n) is 1.93. The van der Waals surface area contributed by atoms with Crippen molar-refractivity contribution in [2.24, 2.45) is 5.92 Å². The molecule has 2 aromatic rings. The highest BCUT2D eigenvalue weighted by Gasteiger charge is 2.24. The van der Waals surface area contributed by atoms with Crippen LogP contribution in [0.15, 0.2) is 29.6 Å². The van der Waals surface area contributed by atoms with Gasteiger partial charge < -0.3 is 4.74 Å². The van der Waals surface area contributed by atoms with E-state index in [1.165, 1.54) is 12.8 Å². The lowest BCUT2D eigenvalue weighted by Gasteiger charge is -2.03. The predicted octanol–water partition coefficient (Wildman–Crippen LogP) is 4.03. The normalized spacial score (nSPS) is 15.9. The lowest BCUT2D eigenvalue weighted by Crippen LogP contribution is -2.03. The van der Waals surface area contributed by atoms with Gasteiger partial charge in [-0.2, -0.15) is 0 Å². The first-order valence-corrected chi connectivity index (χ1v) is 9.60. The van der Waals surface area contributed by atoms with Gasteiger partial charge in [0.15, 0.2) is 0 Å². The van der Waals surface area contributed by atoms with Crippen LogP contribution in [-0.2, 0) is 23.2 Å². The molecule has 1 unspecified atom stereocenters. The van der Waals surface area contributed by atoms with Gasteiger partial charge in [-0.25, -0.2) is 4.98 Å². The highest BCUT2D eigenvalue weighted by atomic mass is 35.5. The summed E-state index contributed by atoms with van der Waals surface area (Å²) < 4.78 is 17.6. The van der Waals surface area contributed by atoms with Crippen LogP contribution in [0.3, 0.4) is 0 Å². The van der Waals surface area contributed by atoms with Gasteiger partial charge in [0.2, 0.25) is 0 Å². The zero-order valence-corrected chi connectivity index (χ0v) is 13.8. The molecule has 0 aliphatic heterocycles. The molecule has 1 fully saturated rings. The van der Waals surface area contributed by atoms with Crippen molar-refractivity contribution >= 4 is 33.7 Å². The molecule has 1 aliphatic rings. The number of thiazole rings is 1. The Labute approximate surface area is 135 Å². The summed E-state index contributed by atoms with van der Waals surface area (Å²) in [4.78, 5) is 4.48. The maximum absolute atomic E-state index is 11.9. The third-order valence-corrected chi connectivity index (χ3v) is 5.79. The van der Waals surface area contributed by atoms with E-state index >= 15 is 0 Å². The average Bonchev–Trinajstić information content (AvgIpc) is 3.16. The Morgan fingerprint density at radius 1 is 1.33 bits per heavy atom. The number of ether oxygens (including phenoxy) is 1. The van der Waals surface area contributed by atoms with Gasteiger partial charge in [-0.1, -0.05) is 11.6 Å². The summed E-state index contributed by atoms with van der Waals surface area (Å²) >= 11 is 7.38. The van der Waals surface area contributed by atoms with E-state index in [9.17, 15) is 4.21 Å². The van der Waals surface area contributed by atoms with Crippen molar-refractivity contribution in [3.63, 3.8) is 0 Å². The number of rotatable bonds is 7. The van der Waals surface area contributed by atoms with E-state index in [4.69, 9.17) is 16.3 Å². The molecule has 0 N–H and O–H groups in total. The summed E-state index contributed by atoms with van der Waals surface area (Å²) in [6.45, 7) is 0.432. The summed E-state index contributed by atoms with van der Waals surface area (Å²) in [6.07, 6.45) is 2.48. The maximum atomic E-state index is 11.9. The van der Waals surface area contributed by atoms with E-state index in [1.807, 2.05) is 17.5 Å². The van der Waals surface area contributed by atoms with Crippen LogP contribution in [0.4, 0.5) is 0 Å². The lowest BCUT2D eigenvalue weighted by molar-refractivity contribution is 0.305. The van der Waals surface area contributed by atoms with Gasteiger partial charge in [-0.3, -0.25) is 4.21 Å². The molecule has 112 valence electrons. The first-order chi connectivity index (χ1) is 10.2. The van der Waals surface area contributed by atoms with Crippen molar-refractivity contribution in [1.29, 1.82) is 0 Å². The summed E-state index contributed by atoms with van der Waals surface area (Å²) in [5.74, 6) is 2.85. The van der Waals surface area contributed by atoms with E-state index in [1.54, 1.807) is 23.5 Å². The molecule has 0 bridgehead atoms. The third-order valence-electron chi connectivity index (χ3n) is 3.20. The second-order valence-electron chi connectivity index (χ2n) is 5.17.